The van der Waals surface area contributed by atoms with Crippen LogP contribution in [-0.2, 0) is 4.57 Å². The molecule has 0 fully saturated rings. The molecule has 0 aromatic carbocycles. The summed E-state index contributed by atoms with van der Waals surface area (Å²) in [4.78, 5) is 20.4. The van der Waals surface area contributed by atoms with Crippen LogP contribution in [0.2, 0.25) is 0 Å². The van der Waals surface area contributed by atoms with Crippen LogP contribution in [0.5, 0.6) is 0 Å². The van der Waals surface area contributed by atoms with Crippen molar-refractivity contribution in [3.05, 3.63) is 0 Å². The van der Waals surface area contributed by atoms with Gasteiger partial charge in [-0.15, -0.1) is 11.8 Å². The Morgan fingerprint density at radius 1 is 1.78 bits per heavy atom. The smallest absolute Gasteiger partial charge is 0.323 e. The van der Waals surface area contributed by atoms with Gasteiger partial charge in [-0.2, -0.15) is 0 Å². The van der Waals surface area contributed by atoms with Crippen LogP contribution in [0.1, 0.15) is 0 Å². The van der Waals surface area contributed by atoms with Crippen LogP contribution in [0.3, 0.4) is 0 Å². The van der Waals surface area contributed by atoms with Gasteiger partial charge >= 0.3 is 7.60 Å². The second-order valence-electron chi connectivity index (χ2n) is 1.60. The maximum Gasteiger partial charge on any atom is 0.350 e. The van der Waals surface area contributed by atoms with Crippen molar-refractivity contribution >= 4 is 24.9 Å². The molecular formula is C3H5NO3PS. The molecule has 0 aromatic rings. The minimum absolute atomic E-state index is 0.351. The van der Waals surface area contributed by atoms with E-state index in [1.54, 1.807) is 0 Å². The molecule has 0 amide bonds. The van der Waals surface area contributed by atoms with Crippen LogP contribution in [-0.4, -0.2) is 26.9 Å². The molecule has 0 saturated carbocycles. The summed E-state index contributed by atoms with van der Waals surface area (Å²) >= 11 is 1.20. The Hall–Kier alpha value is 0.170. The summed E-state index contributed by atoms with van der Waals surface area (Å²) in [5.41, 5.74) is 2.43. The van der Waals surface area contributed by atoms with Crippen molar-refractivity contribution in [3.8, 4) is 0 Å². The van der Waals surface area contributed by atoms with E-state index >= 15 is 0 Å². The van der Waals surface area contributed by atoms with Gasteiger partial charge in [0.15, 0.2) is 5.78 Å². The minimum atomic E-state index is -3.96. The number of nitrogens with zero attached hydrogens (tertiary/aromatic N) is 1. The van der Waals surface area contributed by atoms with Gasteiger partial charge in [-0.05, 0) is 0 Å². The van der Waals surface area contributed by atoms with Crippen LogP contribution < -0.4 is 0 Å². The monoisotopic (exact) mass is 166 g/mol. The zero-order valence-corrected chi connectivity index (χ0v) is 6.10. The van der Waals surface area contributed by atoms with E-state index < -0.39 is 13.4 Å². The van der Waals surface area contributed by atoms with Crippen molar-refractivity contribution in [2.24, 2.45) is 4.99 Å². The molecule has 1 unspecified atom stereocenters. The lowest BCUT2D eigenvalue weighted by Crippen LogP contribution is -2.03. The SMILES string of the molecule is O=P(O)(O)C1CS[C]=N1. The van der Waals surface area contributed by atoms with Gasteiger partial charge < -0.3 is 9.79 Å². The molecule has 2 N–H and O–H groups in total. The van der Waals surface area contributed by atoms with E-state index in [0.29, 0.717) is 5.75 Å². The van der Waals surface area contributed by atoms with Crippen LogP contribution in [0, 0.1) is 0 Å². The molecule has 4 nitrogen and oxygen atoms in total. The first kappa shape index (κ1) is 7.28. The molecule has 1 heterocycles. The van der Waals surface area contributed by atoms with E-state index in [0.717, 1.165) is 0 Å². The topological polar surface area (TPSA) is 69.9 Å². The Bertz CT molecular complexity index is 176. The highest BCUT2D eigenvalue weighted by molar-refractivity contribution is 8.12. The Labute approximate surface area is 56.5 Å². The van der Waals surface area contributed by atoms with Crippen LogP contribution in [0.15, 0.2) is 4.99 Å². The number of hydrogen-bond donors (Lipinski definition) is 2. The largest absolute Gasteiger partial charge is 0.350 e. The second kappa shape index (κ2) is 2.42. The third-order valence-electron chi connectivity index (χ3n) is 0.887. The van der Waals surface area contributed by atoms with Crippen LogP contribution in [0.4, 0.5) is 0 Å². The maximum atomic E-state index is 10.4. The molecule has 1 aliphatic heterocycles. The molecular weight excluding hydrogens is 161 g/mol. The number of aliphatic imine (C=N–C) groups is 1. The van der Waals surface area contributed by atoms with Gasteiger partial charge in [0.25, 0.3) is 0 Å². The van der Waals surface area contributed by atoms with Gasteiger partial charge in [0.2, 0.25) is 0 Å². The lowest BCUT2D eigenvalue weighted by molar-refractivity contribution is 0.363. The minimum Gasteiger partial charge on any atom is -0.323 e. The zero-order valence-electron chi connectivity index (χ0n) is 4.39. The highest BCUT2D eigenvalue weighted by Gasteiger charge is 2.30. The summed E-state index contributed by atoms with van der Waals surface area (Å²) in [7, 11) is -3.96. The average Bonchev–Trinajstić information content (AvgIpc) is 2.08. The van der Waals surface area contributed by atoms with E-state index in [4.69, 9.17) is 9.79 Å². The molecule has 1 aliphatic rings. The summed E-state index contributed by atoms with van der Waals surface area (Å²) in [5.74, 6) is -0.493. The lowest BCUT2D eigenvalue weighted by Gasteiger charge is -2.06. The summed E-state index contributed by atoms with van der Waals surface area (Å²) < 4.78 is 10.4. The van der Waals surface area contributed by atoms with Crippen molar-refractivity contribution in [2.45, 2.75) is 5.78 Å². The quantitative estimate of drug-likeness (QED) is 0.543. The van der Waals surface area contributed by atoms with E-state index in [1.807, 2.05) is 0 Å². The third kappa shape index (κ3) is 1.79. The molecule has 0 aliphatic carbocycles. The summed E-state index contributed by atoms with van der Waals surface area (Å²) in [5, 5.41) is 0. The number of thioether (sulfide) groups is 1. The molecule has 0 bridgehead atoms. The molecule has 0 aromatic heterocycles. The van der Waals surface area contributed by atoms with E-state index in [2.05, 4.69) is 10.5 Å². The van der Waals surface area contributed by atoms with Gasteiger partial charge in [-0.1, -0.05) is 0 Å². The van der Waals surface area contributed by atoms with Gasteiger partial charge in [0.05, 0.1) is 0 Å². The Balaban J connectivity index is 2.64. The Morgan fingerprint density at radius 3 is 2.67 bits per heavy atom. The van der Waals surface area contributed by atoms with Gasteiger partial charge in [-0.3, -0.25) is 9.56 Å². The molecule has 1 radical (unpaired) electrons. The Kier molecular flexibility index (Phi) is 1.96. The average molecular weight is 166 g/mol. The summed E-state index contributed by atoms with van der Waals surface area (Å²) in [6.45, 7) is 0. The molecule has 0 spiro atoms. The molecule has 0 saturated heterocycles. The first-order valence-electron chi connectivity index (χ1n) is 2.22. The predicted molar refractivity (Wildman–Crippen MR) is 35.7 cm³/mol. The van der Waals surface area contributed by atoms with E-state index in [-0.39, 0.29) is 0 Å². The fourth-order valence-electron chi connectivity index (χ4n) is 0.419. The second-order valence-corrected chi connectivity index (χ2v) is 4.18. The summed E-state index contributed by atoms with van der Waals surface area (Å²) in [6.07, 6.45) is 0. The first-order valence-corrected chi connectivity index (χ1v) is 4.89. The third-order valence-corrected chi connectivity index (χ3v) is 2.93. The normalized spacial score (nSPS) is 27.1. The van der Waals surface area contributed by atoms with Crippen molar-refractivity contribution < 1.29 is 14.4 Å². The van der Waals surface area contributed by atoms with Crippen LogP contribution >= 0.6 is 19.4 Å². The zero-order chi connectivity index (χ0) is 6.91. The fourth-order valence-corrected chi connectivity index (χ4v) is 2.21. The molecule has 1 atom stereocenters. The van der Waals surface area contributed by atoms with Gasteiger partial charge in [0.1, 0.15) is 5.55 Å². The van der Waals surface area contributed by atoms with Gasteiger partial charge in [-0.25, -0.2) is 0 Å². The fraction of sp³-hybridized carbons (Fsp3) is 0.667. The van der Waals surface area contributed by atoms with E-state index in [9.17, 15) is 4.57 Å². The van der Waals surface area contributed by atoms with Gasteiger partial charge in [0, 0.05) is 5.75 Å². The number of hydrogen-bond acceptors (Lipinski definition) is 3. The highest BCUT2D eigenvalue weighted by atomic mass is 32.2. The predicted octanol–water partition coefficient (Wildman–Crippen LogP) is 0.142. The molecule has 1 rings (SSSR count). The standard InChI is InChI=1S/C3H5NO3PS/c5-8(6,7)3-1-9-2-4-3/h3H,1H2,(H2,5,6,7). The summed E-state index contributed by atoms with van der Waals surface area (Å²) in [6, 6.07) is 0. The van der Waals surface area contributed by atoms with Crippen LogP contribution in [0.25, 0.3) is 0 Å². The van der Waals surface area contributed by atoms with Crippen molar-refractivity contribution in [3.63, 3.8) is 0 Å². The lowest BCUT2D eigenvalue weighted by atomic mass is 10.8. The highest BCUT2D eigenvalue weighted by Crippen LogP contribution is 2.44. The molecule has 51 valence electrons. The van der Waals surface area contributed by atoms with Crippen molar-refractivity contribution in [2.75, 3.05) is 5.75 Å². The van der Waals surface area contributed by atoms with Crippen molar-refractivity contribution in [1.29, 1.82) is 0 Å². The molecule has 6 heteroatoms. The number of rotatable bonds is 1. The maximum absolute atomic E-state index is 10.4. The molecule has 9 heavy (non-hydrogen) atoms. The van der Waals surface area contributed by atoms with E-state index in [1.165, 1.54) is 11.8 Å². The Morgan fingerprint density at radius 2 is 2.44 bits per heavy atom. The first-order chi connectivity index (χ1) is 4.11. The van der Waals surface area contributed by atoms with Crippen molar-refractivity contribution in [1.82, 2.24) is 0 Å².